The number of aromatic amines is 1. The van der Waals surface area contributed by atoms with Gasteiger partial charge in [0.2, 0.25) is 5.91 Å². The Kier molecular flexibility index (Phi) is 5.35. The Balaban J connectivity index is 1.43. The van der Waals surface area contributed by atoms with E-state index in [-0.39, 0.29) is 18.1 Å². The van der Waals surface area contributed by atoms with Crippen molar-refractivity contribution in [2.45, 2.75) is 38.3 Å². The first-order valence-corrected chi connectivity index (χ1v) is 9.59. The van der Waals surface area contributed by atoms with E-state index in [0.29, 0.717) is 25.5 Å². The van der Waals surface area contributed by atoms with Crippen LogP contribution in [-0.4, -0.2) is 58.3 Å². The molecule has 0 radical (unpaired) electrons. The van der Waals surface area contributed by atoms with E-state index in [1.54, 1.807) is 0 Å². The van der Waals surface area contributed by atoms with Crippen LogP contribution in [0, 0.1) is 6.92 Å². The fourth-order valence-corrected chi connectivity index (χ4v) is 3.63. The average molecular weight is 370 g/mol. The van der Waals surface area contributed by atoms with E-state index in [4.69, 9.17) is 4.74 Å². The van der Waals surface area contributed by atoms with Gasteiger partial charge in [-0.25, -0.2) is 4.98 Å². The molecule has 2 fully saturated rings. The molecule has 8 heteroatoms. The van der Waals surface area contributed by atoms with Gasteiger partial charge in [0.1, 0.15) is 11.9 Å². The summed E-state index contributed by atoms with van der Waals surface area (Å²) in [5.74, 6) is 1.62. The molecule has 2 saturated heterocycles. The van der Waals surface area contributed by atoms with Crippen LogP contribution in [0.5, 0.6) is 0 Å². The number of carbonyl (C=O) groups is 1. The number of rotatable bonds is 4. The van der Waals surface area contributed by atoms with Crippen LogP contribution in [0.1, 0.15) is 36.8 Å². The summed E-state index contributed by atoms with van der Waals surface area (Å²) in [4.78, 5) is 19.4. The summed E-state index contributed by atoms with van der Waals surface area (Å²) in [7, 11) is 0. The minimum atomic E-state index is -0.214. The quantitative estimate of drug-likeness (QED) is 0.761. The highest BCUT2D eigenvalue weighted by molar-refractivity contribution is 5.82. The van der Waals surface area contributed by atoms with Crippen LogP contribution >= 0.6 is 0 Å². The number of aryl methyl sites for hydroxylation is 1. The van der Waals surface area contributed by atoms with E-state index in [2.05, 4.69) is 25.8 Å². The maximum Gasteiger partial charge on any atom is 0.239 e. The van der Waals surface area contributed by atoms with E-state index in [1.165, 1.54) is 0 Å². The smallest absolute Gasteiger partial charge is 0.239 e. The van der Waals surface area contributed by atoms with Crippen molar-refractivity contribution in [3.05, 3.63) is 35.7 Å². The van der Waals surface area contributed by atoms with Gasteiger partial charge in [-0.1, -0.05) is 12.5 Å². The molecule has 27 heavy (non-hydrogen) atoms. The maximum atomic E-state index is 12.8. The maximum absolute atomic E-state index is 12.8. The number of carbonyl (C=O) groups excluding carboxylic acids is 1. The molecule has 2 aliphatic rings. The molecule has 2 atom stereocenters. The van der Waals surface area contributed by atoms with E-state index < -0.39 is 0 Å². The third-order valence-corrected chi connectivity index (χ3v) is 5.05. The molecule has 0 spiro atoms. The Morgan fingerprint density at radius 2 is 2.26 bits per heavy atom. The van der Waals surface area contributed by atoms with E-state index in [0.717, 1.165) is 43.0 Å². The molecule has 0 unspecified atom stereocenters. The Morgan fingerprint density at radius 3 is 3.04 bits per heavy atom. The van der Waals surface area contributed by atoms with Crippen molar-refractivity contribution >= 4 is 17.5 Å². The third kappa shape index (κ3) is 4.28. The van der Waals surface area contributed by atoms with Crippen LogP contribution < -0.4 is 10.6 Å². The molecule has 1 amide bonds. The van der Waals surface area contributed by atoms with E-state index >= 15 is 0 Å². The fraction of sp³-hybridized carbons (Fsp3) is 0.526. The molecule has 8 nitrogen and oxygen atoms in total. The molecule has 2 aromatic rings. The number of hydrogen-bond acceptors (Lipinski definition) is 6. The van der Waals surface area contributed by atoms with Crippen LogP contribution in [0.15, 0.2) is 24.3 Å². The first-order chi connectivity index (χ1) is 13.2. The Hall–Kier alpha value is -2.45. The van der Waals surface area contributed by atoms with Crippen molar-refractivity contribution in [3.63, 3.8) is 0 Å². The average Bonchev–Trinajstić information content (AvgIpc) is 3.13. The SMILES string of the molecule is Cc1cc(Nc2cccc([C@H]3CN(C(=O)[C@@H]4CCCCN4)CCO3)n2)n[nH]1. The molecule has 0 aromatic carbocycles. The van der Waals surface area contributed by atoms with Gasteiger partial charge in [-0.3, -0.25) is 9.89 Å². The topological polar surface area (TPSA) is 95.2 Å². The van der Waals surface area contributed by atoms with Gasteiger partial charge in [-0.15, -0.1) is 0 Å². The highest BCUT2D eigenvalue weighted by Crippen LogP contribution is 2.24. The monoisotopic (exact) mass is 370 g/mol. The Morgan fingerprint density at radius 1 is 1.33 bits per heavy atom. The molecule has 4 heterocycles. The number of piperidine rings is 1. The zero-order valence-electron chi connectivity index (χ0n) is 15.6. The second-order valence-electron chi connectivity index (χ2n) is 7.16. The summed E-state index contributed by atoms with van der Waals surface area (Å²) in [6.07, 6.45) is 2.96. The van der Waals surface area contributed by atoms with Crippen molar-refractivity contribution in [1.82, 2.24) is 25.4 Å². The summed E-state index contributed by atoms with van der Waals surface area (Å²) in [6, 6.07) is 7.64. The zero-order chi connectivity index (χ0) is 18.6. The van der Waals surface area contributed by atoms with E-state index in [1.807, 2.05) is 36.1 Å². The molecule has 3 N–H and O–H groups in total. The van der Waals surface area contributed by atoms with E-state index in [9.17, 15) is 4.79 Å². The standard InChI is InChI=1S/C19H26N6O2/c1-13-11-18(24-23-13)22-17-7-4-6-14(21-17)16-12-25(9-10-27-16)19(26)15-5-2-3-8-20-15/h4,6-7,11,15-16,20H,2-3,5,8-10,12H2,1H3,(H2,21,22,23,24)/t15-,16+/m0/s1. The molecule has 0 bridgehead atoms. The highest BCUT2D eigenvalue weighted by atomic mass is 16.5. The summed E-state index contributed by atoms with van der Waals surface area (Å²) in [5.41, 5.74) is 1.80. The first-order valence-electron chi connectivity index (χ1n) is 9.59. The lowest BCUT2D eigenvalue weighted by molar-refractivity contribution is -0.142. The summed E-state index contributed by atoms with van der Waals surface area (Å²) >= 11 is 0. The minimum Gasteiger partial charge on any atom is -0.368 e. The molecular formula is C19H26N6O2. The number of nitrogens with one attached hydrogen (secondary N) is 3. The first kappa shape index (κ1) is 17.9. The van der Waals surface area contributed by atoms with Crippen LogP contribution in [0.2, 0.25) is 0 Å². The second-order valence-corrected chi connectivity index (χ2v) is 7.16. The largest absolute Gasteiger partial charge is 0.368 e. The van der Waals surface area contributed by atoms with Crippen LogP contribution in [-0.2, 0) is 9.53 Å². The number of anilines is 2. The second kappa shape index (κ2) is 8.06. The minimum absolute atomic E-state index is 0.0543. The molecular weight excluding hydrogens is 344 g/mol. The van der Waals surface area contributed by atoms with Gasteiger partial charge in [-0.05, 0) is 38.4 Å². The number of amides is 1. The Labute approximate surface area is 158 Å². The number of morpholine rings is 1. The predicted octanol–water partition coefficient (Wildman–Crippen LogP) is 1.90. The van der Waals surface area contributed by atoms with Crippen molar-refractivity contribution in [3.8, 4) is 0 Å². The zero-order valence-corrected chi connectivity index (χ0v) is 15.6. The van der Waals surface area contributed by atoms with Gasteiger partial charge in [0.15, 0.2) is 5.82 Å². The van der Waals surface area contributed by atoms with Crippen molar-refractivity contribution in [2.24, 2.45) is 0 Å². The van der Waals surface area contributed by atoms with Gasteiger partial charge >= 0.3 is 0 Å². The number of hydrogen-bond donors (Lipinski definition) is 3. The van der Waals surface area contributed by atoms with Gasteiger partial charge in [-0.2, -0.15) is 5.10 Å². The lowest BCUT2D eigenvalue weighted by Crippen LogP contribution is -2.52. The van der Waals surface area contributed by atoms with Crippen molar-refractivity contribution in [2.75, 3.05) is 31.6 Å². The lowest BCUT2D eigenvalue weighted by Gasteiger charge is -2.36. The molecule has 2 aromatic heterocycles. The lowest BCUT2D eigenvalue weighted by atomic mass is 10.0. The number of nitrogens with zero attached hydrogens (tertiary/aromatic N) is 3. The summed E-state index contributed by atoms with van der Waals surface area (Å²) in [5, 5.41) is 13.6. The van der Waals surface area contributed by atoms with Gasteiger partial charge in [0.05, 0.1) is 24.9 Å². The number of aromatic nitrogens is 3. The molecule has 4 rings (SSSR count). The normalized spacial score (nSPS) is 23.2. The number of H-pyrrole nitrogens is 1. The summed E-state index contributed by atoms with van der Waals surface area (Å²) < 4.78 is 5.91. The van der Waals surface area contributed by atoms with Crippen LogP contribution in [0.4, 0.5) is 11.6 Å². The van der Waals surface area contributed by atoms with Gasteiger partial charge in [0.25, 0.3) is 0 Å². The predicted molar refractivity (Wildman–Crippen MR) is 102 cm³/mol. The van der Waals surface area contributed by atoms with Crippen molar-refractivity contribution in [1.29, 1.82) is 0 Å². The molecule has 2 aliphatic heterocycles. The van der Waals surface area contributed by atoms with Crippen molar-refractivity contribution < 1.29 is 9.53 Å². The Bertz CT molecular complexity index is 786. The molecule has 0 aliphatic carbocycles. The third-order valence-electron chi connectivity index (χ3n) is 5.05. The molecule has 144 valence electrons. The van der Waals surface area contributed by atoms with Crippen LogP contribution in [0.25, 0.3) is 0 Å². The van der Waals surface area contributed by atoms with Gasteiger partial charge in [0, 0.05) is 18.3 Å². The molecule has 0 saturated carbocycles. The fourth-order valence-electron chi connectivity index (χ4n) is 3.63. The number of pyridine rings is 1. The summed E-state index contributed by atoms with van der Waals surface area (Å²) in [6.45, 7) is 4.57. The van der Waals surface area contributed by atoms with Gasteiger partial charge < -0.3 is 20.3 Å². The number of ether oxygens (including phenoxy) is 1. The highest BCUT2D eigenvalue weighted by Gasteiger charge is 2.31. The van der Waals surface area contributed by atoms with Crippen LogP contribution in [0.3, 0.4) is 0 Å².